The highest BCUT2D eigenvalue weighted by Gasteiger charge is 2.36. The van der Waals surface area contributed by atoms with Crippen molar-refractivity contribution < 1.29 is 18.0 Å². The standard InChI is InChI=1S/C13H10BrF3N2OS/c1-19(5-9-6-21-7-18-9)12(20)10-3-2-8(14)4-11(10)13(15,16)17/h2-4,6-7H,5H2,1H3. The third kappa shape index (κ3) is 3.82. The van der Waals surface area contributed by atoms with Gasteiger partial charge in [-0.2, -0.15) is 13.2 Å². The summed E-state index contributed by atoms with van der Waals surface area (Å²) in [6.45, 7) is 0.162. The van der Waals surface area contributed by atoms with E-state index >= 15 is 0 Å². The summed E-state index contributed by atoms with van der Waals surface area (Å²) < 4.78 is 39.4. The number of alkyl halides is 3. The average molecular weight is 379 g/mol. The number of amides is 1. The first-order chi connectivity index (χ1) is 9.79. The summed E-state index contributed by atoms with van der Waals surface area (Å²) >= 11 is 4.35. The first kappa shape index (κ1) is 16.0. The second kappa shape index (κ2) is 6.15. The topological polar surface area (TPSA) is 33.2 Å². The summed E-state index contributed by atoms with van der Waals surface area (Å²) in [6.07, 6.45) is -4.59. The molecule has 2 rings (SSSR count). The van der Waals surface area contributed by atoms with E-state index in [-0.39, 0.29) is 16.6 Å². The van der Waals surface area contributed by atoms with Crippen LogP contribution in [0.25, 0.3) is 0 Å². The predicted molar refractivity (Wildman–Crippen MR) is 77.1 cm³/mol. The monoisotopic (exact) mass is 378 g/mol. The molecular weight excluding hydrogens is 369 g/mol. The fraction of sp³-hybridized carbons (Fsp3) is 0.231. The van der Waals surface area contributed by atoms with E-state index in [9.17, 15) is 18.0 Å². The van der Waals surface area contributed by atoms with Gasteiger partial charge in [0.05, 0.1) is 28.9 Å². The van der Waals surface area contributed by atoms with Crippen molar-refractivity contribution in [3.8, 4) is 0 Å². The summed E-state index contributed by atoms with van der Waals surface area (Å²) in [4.78, 5) is 17.5. The van der Waals surface area contributed by atoms with Crippen LogP contribution in [0.1, 0.15) is 21.6 Å². The average Bonchev–Trinajstić information content (AvgIpc) is 2.89. The Labute approximate surface area is 131 Å². The number of carbonyl (C=O) groups excluding carboxylic acids is 1. The lowest BCUT2D eigenvalue weighted by Gasteiger charge is -2.19. The molecule has 1 aromatic carbocycles. The van der Waals surface area contributed by atoms with Crippen LogP contribution in [0, 0.1) is 0 Å². The second-order valence-electron chi connectivity index (χ2n) is 4.33. The Morgan fingerprint density at radius 3 is 2.71 bits per heavy atom. The van der Waals surface area contributed by atoms with Gasteiger partial charge < -0.3 is 4.90 Å². The third-order valence-corrected chi connectivity index (χ3v) is 3.88. The fourth-order valence-corrected chi connectivity index (χ4v) is 2.68. The van der Waals surface area contributed by atoms with Crippen LogP contribution in [-0.2, 0) is 12.7 Å². The van der Waals surface area contributed by atoms with E-state index in [1.807, 2.05) is 0 Å². The first-order valence-corrected chi connectivity index (χ1v) is 7.52. The largest absolute Gasteiger partial charge is 0.417 e. The molecule has 0 saturated carbocycles. The molecule has 21 heavy (non-hydrogen) atoms. The molecule has 2 aromatic rings. The van der Waals surface area contributed by atoms with Gasteiger partial charge in [-0.15, -0.1) is 11.3 Å². The minimum Gasteiger partial charge on any atom is -0.336 e. The van der Waals surface area contributed by atoms with Gasteiger partial charge in [0.2, 0.25) is 0 Å². The molecule has 0 unspecified atom stereocenters. The van der Waals surface area contributed by atoms with Crippen molar-refractivity contribution in [1.82, 2.24) is 9.88 Å². The first-order valence-electron chi connectivity index (χ1n) is 5.78. The molecule has 3 nitrogen and oxygen atoms in total. The normalized spacial score (nSPS) is 11.5. The molecule has 0 spiro atoms. The SMILES string of the molecule is CN(Cc1cscn1)C(=O)c1ccc(Br)cc1C(F)(F)F. The third-order valence-electron chi connectivity index (χ3n) is 2.75. The minimum absolute atomic E-state index is 0.162. The van der Waals surface area contributed by atoms with Crippen molar-refractivity contribution in [2.75, 3.05) is 7.05 Å². The van der Waals surface area contributed by atoms with Gasteiger partial charge in [-0.25, -0.2) is 4.98 Å². The van der Waals surface area contributed by atoms with E-state index in [2.05, 4.69) is 20.9 Å². The van der Waals surface area contributed by atoms with Gasteiger partial charge in [0.1, 0.15) is 0 Å². The second-order valence-corrected chi connectivity index (χ2v) is 5.96. The molecule has 0 saturated heterocycles. The van der Waals surface area contributed by atoms with Crippen molar-refractivity contribution >= 4 is 33.2 Å². The minimum atomic E-state index is -4.59. The maximum absolute atomic E-state index is 13.0. The van der Waals surface area contributed by atoms with Gasteiger partial charge in [0.15, 0.2) is 0 Å². The lowest BCUT2D eigenvalue weighted by atomic mass is 10.1. The molecule has 0 fully saturated rings. The molecule has 0 bridgehead atoms. The van der Waals surface area contributed by atoms with Gasteiger partial charge in [-0.1, -0.05) is 15.9 Å². The maximum atomic E-state index is 13.0. The predicted octanol–water partition coefficient (Wildman–Crippen LogP) is 4.20. The number of hydrogen-bond acceptors (Lipinski definition) is 3. The number of aromatic nitrogens is 1. The highest BCUT2D eigenvalue weighted by Crippen LogP contribution is 2.34. The van der Waals surface area contributed by atoms with E-state index in [0.29, 0.717) is 5.69 Å². The van der Waals surface area contributed by atoms with Gasteiger partial charge in [-0.3, -0.25) is 4.79 Å². The van der Waals surface area contributed by atoms with Gasteiger partial charge in [0, 0.05) is 16.9 Å². The van der Waals surface area contributed by atoms with Gasteiger partial charge >= 0.3 is 6.18 Å². The lowest BCUT2D eigenvalue weighted by Crippen LogP contribution is -2.28. The van der Waals surface area contributed by atoms with Crippen molar-refractivity contribution in [3.63, 3.8) is 0 Å². The Hall–Kier alpha value is -1.41. The number of benzene rings is 1. The lowest BCUT2D eigenvalue weighted by molar-refractivity contribution is -0.138. The van der Waals surface area contributed by atoms with E-state index in [0.717, 1.165) is 6.07 Å². The van der Waals surface area contributed by atoms with Crippen LogP contribution in [0.15, 0.2) is 33.6 Å². The van der Waals surface area contributed by atoms with Crippen LogP contribution in [-0.4, -0.2) is 22.8 Å². The Balaban J connectivity index is 2.30. The number of nitrogens with zero attached hydrogens (tertiary/aromatic N) is 2. The van der Waals surface area contributed by atoms with Crippen LogP contribution >= 0.6 is 27.3 Å². The number of hydrogen-bond donors (Lipinski definition) is 0. The van der Waals surface area contributed by atoms with Gasteiger partial charge in [0.25, 0.3) is 5.91 Å². The highest BCUT2D eigenvalue weighted by atomic mass is 79.9. The van der Waals surface area contributed by atoms with Crippen LogP contribution in [0.5, 0.6) is 0 Å². The molecule has 1 aromatic heterocycles. The Morgan fingerprint density at radius 2 is 2.14 bits per heavy atom. The number of carbonyl (C=O) groups is 1. The van der Waals surface area contributed by atoms with Crippen molar-refractivity contribution in [3.05, 3.63) is 50.4 Å². The summed E-state index contributed by atoms with van der Waals surface area (Å²) in [6, 6.07) is 3.50. The van der Waals surface area contributed by atoms with E-state index in [1.165, 1.54) is 35.4 Å². The molecule has 0 N–H and O–H groups in total. The Kier molecular flexibility index (Phi) is 4.67. The quantitative estimate of drug-likeness (QED) is 0.801. The van der Waals surface area contributed by atoms with Crippen LogP contribution in [0.3, 0.4) is 0 Å². The zero-order valence-corrected chi connectivity index (χ0v) is 13.2. The van der Waals surface area contributed by atoms with Crippen LogP contribution in [0.4, 0.5) is 13.2 Å². The number of rotatable bonds is 3. The zero-order valence-electron chi connectivity index (χ0n) is 10.8. The summed E-state index contributed by atoms with van der Waals surface area (Å²) in [5, 5.41) is 1.75. The summed E-state index contributed by atoms with van der Waals surface area (Å²) in [5.74, 6) is -0.692. The number of thiazole rings is 1. The highest BCUT2D eigenvalue weighted by molar-refractivity contribution is 9.10. The zero-order chi connectivity index (χ0) is 15.6. The molecule has 0 aliphatic heterocycles. The fourth-order valence-electron chi connectivity index (χ4n) is 1.77. The van der Waals surface area contributed by atoms with E-state index in [4.69, 9.17) is 0 Å². The Bertz CT molecular complexity index is 643. The van der Waals surface area contributed by atoms with E-state index < -0.39 is 17.6 Å². The molecule has 1 heterocycles. The van der Waals surface area contributed by atoms with Crippen molar-refractivity contribution in [1.29, 1.82) is 0 Å². The van der Waals surface area contributed by atoms with Crippen molar-refractivity contribution in [2.45, 2.75) is 12.7 Å². The molecular formula is C13H10BrF3N2OS. The van der Waals surface area contributed by atoms with Gasteiger partial charge in [-0.05, 0) is 18.2 Å². The van der Waals surface area contributed by atoms with Crippen LogP contribution < -0.4 is 0 Å². The van der Waals surface area contributed by atoms with Crippen molar-refractivity contribution in [2.24, 2.45) is 0 Å². The molecule has 1 amide bonds. The molecule has 0 radical (unpaired) electrons. The summed E-state index contributed by atoms with van der Waals surface area (Å²) in [5.41, 5.74) is 0.922. The molecule has 0 aliphatic rings. The van der Waals surface area contributed by atoms with Crippen LogP contribution in [0.2, 0.25) is 0 Å². The molecule has 8 heteroatoms. The smallest absolute Gasteiger partial charge is 0.336 e. The molecule has 0 atom stereocenters. The number of halogens is 4. The molecule has 112 valence electrons. The van der Waals surface area contributed by atoms with E-state index in [1.54, 1.807) is 10.9 Å². The molecule has 0 aliphatic carbocycles. The summed E-state index contributed by atoms with van der Waals surface area (Å²) in [7, 11) is 1.45. The maximum Gasteiger partial charge on any atom is 0.417 e. The Morgan fingerprint density at radius 1 is 1.43 bits per heavy atom.